The smallest absolute Gasteiger partial charge is 0.258 e. The van der Waals surface area contributed by atoms with Crippen LogP contribution in [0.3, 0.4) is 0 Å². The van der Waals surface area contributed by atoms with E-state index in [1.807, 2.05) is 42.2 Å². The first-order chi connectivity index (χ1) is 14.6. The molecule has 2 heterocycles. The molecule has 1 aliphatic rings. The SMILES string of the molecule is Cc1ccc(C(=O)Nc2ncn(CC(=O)N3CCN(c4ccccc4)CC3)n2)cc1. The molecule has 0 radical (unpaired) electrons. The van der Waals surface area contributed by atoms with Gasteiger partial charge in [0.05, 0.1) is 0 Å². The lowest BCUT2D eigenvalue weighted by molar-refractivity contribution is -0.132. The van der Waals surface area contributed by atoms with Crippen LogP contribution >= 0.6 is 0 Å². The van der Waals surface area contributed by atoms with Crippen LogP contribution in [-0.2, 0) is 11.3 Å². The summed E-state index contributed by atoms with van der Waals surface area (Å²) < 4.78 is 1.46. The Kier molecular flexibility index (Phi) is 5.74. The van der Waals surface area contributed by atoms with Gasteiger partial charge < -0.3 is 9.80 Å². The topological polar surface area (TPSA) is 83.4 Å². The first-order valence-corrected chi connectivity index (χ1v) is 9.94. The molecule has 2 aromatic carbocycles. The molecule has 4 rings (SSSR count). The number of nitrogens with zero attached hydrogens (tertiary/aromatic N) is 5. The van der Waals surface area contributed by atoms with Gasteiger partial charge in [0.1, 0.15) is 12.9 Å². The third-order valence-electron chi connectivity index (χ3n) is 5.13. The van der Waals surface area contributed by atoms with Gasteiger partial charge in [-0.05, 0) is 31.2 Å². The van der Waals surface area contributed by atoms with E-state index >= 15 is 0 Å². The van der Waals surface area contributed by atoms with E-state index in [1.54, 1.807) is 12.1 Å². The molecule has 8 nitrogen and oxygen atoms in total. The Morgan fingerprint density at radius 3 is 2.37 bits per heavy atom. The minimum atomic E-state index is -0.281. The van der Waals surface area contributed by atoms with Gasteiger partial charge in [0.15, 0.2) is 0 Å². The Morgan fingerprint density at radius 2 is 1.67 bits per heavy atom. The molecule has 8 heteroatoms. The molecule has 1 saturated heterocycles. The zero-order valence-electron chi connectivity index (χ0n) is 16.9. The average Bonchev–Trinajstić information content (AvgIpc) is 3.21. The van der Waals surface area contributed by atoms with Crippen molar-refractivity contribution in [3.8, 4) is 0 Å². The number of para-hydroxylation sites is 1. The van der Waals surface area contributed by atoms with Crippen LogP contribution in [0.25, 0.3) is 0 Å². The third-order valence-corrected chi connectivity index (χ3v) is 5.13. The molecule has 30 heavy (non-hydrogen) atoms. The lowest BCUT2D eigenvalue weighted by atomic mass is 10.1. The Hall–Kier alpha value is -3.68. The molecule has 3 aromatic rings. The summed E-state index contributed by atoms with van der Waals surface area (Å²) in [7, 11) is 0. The van der Waals surface area contributed by atoms with Crippen LogP contribution in [0, 0.1) is 6.92 Å². The molecule has 154 valence electrons. The number of carbonyl (C=O) groups is 2. The van der Waals surface area contributed by atoms with Crippen LogP contribution in [0.15, 0.2) is 60.9 Å². The third kappa shape index (κ3) is 4.65. The summed E-state index contributed by atoms with van der Waals surface area (Å²) in [4.78, 5) is 33.1. The van der Waals surface area contributed by atoms with Crippen molar-refractivity contribution in [2.45, 2.75) is 13.5 Å². The van der Waals surface area contributed by atoms with E-state index in [2.05, 4.69) is 32.4 Å². The molecule has 1 aliphatic heterocycles. The molecule has 0 saturated carbocycles. The highest BCUT2D eigenvalue weighted by molar-refractivity contribution is 6.03. The van der Waals surface area contributed by atoms with Crippen LogP contribution in [0.5, 0.6) is 0 Å². The number of amides is 2. The number of aromatic nitrogens is 3. The Labute approximate surface area is 175 Å². The number of nitrogens with one attached hydrogen (secondary N) is 1. The van der Waals surface area contributed by atoms with E-state index in [9.17, 15) is 9.59 Å². The van der Waals surface area contributed by atoms with Crippen LogP contribution in [-0.4, -0.2) is 57.7 Å². The average molecular weight is 404 g/mol. The van der Waals surface area contributed by atoms with Gasteiger partial charge in [-0.3, -0.25) is 14.9 Å². The molecule has 0 aliphatic carbocycles. The number of rotatable bonds is 5. The fourth-order valence-corrected chi connectivity index (χ4v) is 3.40. The lowest BCUT2D eigenvalue weighted by Gasteiger charge is -2.36. The number of aryl methyl sites for hydroxylation is 1. The van der Waals surface area contributed by atoms with Crippen molar-refractivity contribution in [3.63, 3.8) is 0 Å². The molecule has 1 N–H and O–H groups in total. The van der Waals surface area contributed by atoms with Crippen molar-refractivity contribution in [2.75, 3.05) is 36.4 Å². The maximum atomic E-state index is 12.6. The number of hydrogen-bond acceptors (Lipinski definition) is 5. The van der Waals surface area contributed by atoms with Gasteiger partial charge in [-0.15, -0.1) is 5.10 Å². The predicted octanol–water partition coefficient (Wildman–Crippen LogP) is 2.19. The van der Waals surface area contributed by atoms with Crippen LogP contribution in [0.4, 0.5) is 11.6 Å². The standard InChI is InChI=1S/C22H24N6O2/c1-17-7-9-18(10-8-17)21(30)24-22-23-16-28(25-22)15-20(29)27-13-11-26(12-14-27)19-5-3-2-4-6-19/h2-10,16H,11-15H2,1H3,(H,24,25,30). The second-order valence-electron chi connectivity index (χ2n) is 7.29. The van der Waals surface area contributed by atoms with Gasteiger partial charge in [-0.1, -0.05) is 35.9 Å². The molecular weight excluding hydrogens is 380 g/mol. The van der Waals surface area contributed by atoms with Gasteiger partial charge in [-0.25, -0.2) is 9.67 Å². The maximum Gasteiger partial charge on any atom is 0.258 e. The molecule has 0 unspecified atom stereocenters. The van der Waals surface area contributed by atoms with Gasteiger partial charge in [0, 0.05) is 37.4 Å². The van der Waals surface area contributed by atoms with Crippen LogP contribution in [0.2, 0.25) is 0 Å². The highest BCUT2D eigenvalue weighted by Crippen LogP contribution is 2.15. The van der Waals surface area contributed by atoms with E-state index in [1.165, 1.54) is 16.7 Å². The van der Waals surface area contributed by atoms with Crippen molar-refractivity contribution >= 4 is 23.5 Å². The zero-order valence-corrected chi connectivity index (χ0v) is 16.9. The summed E-state index contributed by atoms with van der Waals surface area (Å²) in [6, 6.07) is 17.5. The van der Waals surface area contributed by atoms with E-state index < -0.39 is 0 Å². The number of carbonyl (C=O) groups excluding carboxylic acids is 2. The normalized spacial score (nSPS) is 13.9. The van der Waals surface area contributed by atoms with E-state index in [0.717, 1.165) is 18.7 Å². The quantitative estimate of drug-likeness (QED) is 0.705. The van der Waals surface area contributed by atoms with Crippen molar-refractivity contribution in [1.82, 2.24) is 19.7 Å². The van der Waals surface area contributed by atoms with E-state index in [0.29, 0.717) is 18.7 Å². The van der Waals surface area contributed by atoms with Gasteiger partial charge in [-0.2, -0.15) is 0 Å². The summed E-state index contributed by atoms with van der Waals surface area (Å²) in [5, 5.41) is 6.87. The number of piperazine rings is 1. The summed E-state index contributed by atoms with van der Waals surface area (Å²) >= 11 is 0. The summed E-state index contributed by atoms with van der Waals surface area (Å²) in [6.45, 7) is 4.98. The largest absolute Gasteiger partial charge is 0.368 e. The van der Waals surface area contributed by atoms with Crippen molar-refractivity contribution < 1.29 is 9.59 Å². The highest BCUT2D eigenvalue weighted by Gasteiger charge is 2.22. The minimum Gasteiger partial charge on any atom is -0.368 e. The lowest BCUT2D eigenvalue weighted by Crippen LogP contribution is -2.49. The molecular formula is C22H24N6O2. The van der Waals surface area contributed by atoms with E-state index in [4.69, 9.17) is 0 Å². The highest BCUT2D eigenvalue weighted by atomic mass is 16.2. The summed E-state index contributed by atoms with van der Waals surface area (Å²) in [6.07, 6.45) is 1.46. The fraction of sp³-hybridized carbons (Fsp3) is 0.273. The molecule has 1 aromatic heterocycles. The Morgan fingerprint density at radius 1 is 0.967 bits per heavy atom. The van der Waals surface area contributed by atoms with Gasteiger partial charge >= 0.3 is 0 Å². The summed E-state index contributed by atoms with van der Waals surface area (Å²) in [5.41, 5.74) is 2.79. The van der Waals surface area contributed by atoms with Crippen LogP contribution in [0.1, 0.15) is 15.9 Å². The molecule has 0 atom stereocenters. The van der Waals surface area contributed by atoms with Gasteiger partial charge in [0.25, 0.3) is 5.91 Å². The molecule has 2 amide bonds. The molecule has 0 bridgehead atoms. The second-order valence-corrected chi connectivity index (χ2v) is 7.29. The number of anilines is 2. The summed E-state index contributed by atoms with van der Waals surface area (Å²) in [5.74, 6) is -0.109. The monoisotopic (exact) mass is 404 g/mol. The minimum absolute atomic E-state index is 0.0102. The van der Waals surface area contributed by atoms with Crippen molar-refractivity contribution in [3.05, 3.63) is 72.1 Å². The predicted molar refractivity (Wildman–Crippen MR) is 114 cm³/mol. The number of hydrogen-bond donors (Lipinski definition) is 1. The van der Waals surface area contributed by atoms with Crippen molar-refractivity contribution in [1.29, 1.82) is 0 Å². The number of benzene rings is 2. The van der Waals surface area contributed by atoms with Gasteiger partial charge in [0.2, 0.25) is 11.9 Å². The Bertz CT molecular complexity index is 1010. The maximum absolute atomic E-state index is 12.6. The zero-order chi connectivity index (χ0) is 20.9. The molecule has 1 fully saturated rings. The van der Waals surface area contributed by atoms with Crippen molar-refractivity contribution in [2.24, 2.45) is 0 Å². The Balaban J connectivity index is 1.29. The first-order valence-electron chi connectivity index (χ1n) is 9.94. The first kappa shape index (κ1) is 19.6. The van der Waals surface area contributed by atoms with E-state index in [-0.39, 0.29) is 24.3 Å². The fourth-order valence-electron chi connectivity index (χ4n) is 3.40. The molecule has 0 spiro atoms. The second kappa shape index (κ2) is 8.77. The van der Waals surface area contributed by atoms with Crippen LogP contribution < -0.4 is 10.2 Å².